The number of aromatic nitrogens is 1. The molecule has 5 heteroatoms. The highest BCUT2D eigenvalue weighted by atomic mass is 16.5. The van der Waals surface area contributed by atoms with Gasteiger partial charge in [0.05, 0.1) is 31.4 Å². The highest BCUT2D eigenvalue weighted by molar-refractivity contribution is 5.42. The van der Waals surface area contributed by atoms with Crippen LogP contribution in [0.15, 0.2) is 22.7 Å². The average molecular weight is 300 g/mol. The number of ether oxygens (including phenoxy) is 2. The molecule has 0 aliphatic carbocycles. The van der Waals surface area contributed by atoms with Crippen molar-refractivity contribution in [3.63, 3.8) is 0 Å². The van der Waals surface area contributed by atoms with Crippen LogP contribution in [-0.4, -0.2) is 18.9 Å². The molecular formula is C17H20N2O3. The Morgan fingerprint density at radius 2 is 2.05 bits per heavy atom. The molecule has 0 aliphatic rings. The number of aryl methyl sites for hydroxylation is 3. The molecule has 22 heavy (non-hydrogen) atoms. The standard InChI is InChI=1S/C17H20N2O3/c1-11-5-6-15(16(9-11)20-4)21-8-7-14(10-18)17-12(2)19-22-13(17)3/h5-6,9,14H,7-8H2,1-4H3. The van der Waals surface area contributed by atoms with Crippen molar-refractivity contribution in [1.82, 2.24) is 5.16 Å². The number of rotatable bonds is 6. The molecule has 0 radical (unpaired) electrons. The van der Waals surface area contributed by atoms with E-state index in [4.69, 9.17) is 14.0 Å². The van der Waals surface area contributed by atoms with Gasteiger partial charge in [-0.3, -0.25) is 0 Å². The zero-order chi connectivity index (χ0) is 16.1. The molecule has 0 aliphatic heterocycles. The van der Waals surface area contributed by atoms with Gasteiger partial charge in [-0.25, -0.2) is 0 Å². The Hall–Kier alpha value is -2.48. The minimum atomic E-state index is -0.289. The van der Waals surface area contributed by atoms with Gasteiger partial charge in [-0.05, 0) is 38.5 Å². The highest BCUT2D eigenvalue weighted by Crippen LogP contribution is 2.30. The maximum atomic E-state index is 9.38. The van der Waals surface area contributed by atoms with Gasteiger partial charge in [0.25, 0.3) is 0 Å². The van der Waals surface area contributed by atoms with E-state index in [9.17, 15) is 5.26 Å². The monoisotopic (exact) mass is 300 g/mol. The fourth-order valence-corrected chi connectivity index (χ4v) is 2.44. The second-order valence-corrected chi connectivity index (χ2v) is 5.21. The van der Waals surface area contributed by atoms with Gasteiger partial charge in [0.2, 0.25) is 0 Å². The van der Waals surface area contributed by atoms with Crippen molar-refractivity contribution in [3.8, 4) is 17.6 Å². The Morgan fingerprint density at radius 1 is 1.27 bits per heavy atom. The largest absolute Gasteiger partial charge is 0.493 e. The summed E-state index contributed by atoms with van der Waals surface area (Å²) >= 11 is 0. The maximum absolute atomic E-state index is 9.38. The molecule has 1 aromatic heterocycles. The topological polar surface area (TPSA) is 68.3 Å². The summed E-state index contributed by atoms with van der Waals surface area (Å²) in [6.07, 6.45) is 0.566. The quantitative estimate of drug-likeness (QED) is 0.814. The molecule has 0 fully saturated rings. The number of hydrogen-bond donors (Lipinski definition) is 0. The Balaban J connectivity index is 2.03. The predicted octanol–water partition coefficient (Wildman–Crippen LogP) is 3.68. The summed E-state index contributed by atoms with van der Waals surface area (Å²) < 4.78 is 16.2. The van der Waals surface area contributed by atoms with E-state index in [-0.39, 0.29) is 5.92 Å². The van der Waals surface area contributed by atoms with Crippen molar-refractivity contribution in [2.45, 2.75) is 33.1 Å². The minimum Gasteiger partial charge on any atom is -0.493 e. The molecule has 1 aromatic carbocycles. The summed E-state index contributed by atoms with van der Waals surface area (Å²) in [5, 5.41) is 13.3. The lowest BCUT2D eigenvalue weighted by atomic mass is 9.96. The number of nitriles is 1. The fourth-order valence-electron chi connectivity index (χ4n) is 2.44. The van der Waals surface area contributed by atoms with Crippen LogP contribution in [0.4, 0.5) is 0 Å². The first-order valence-corrected chi connectivity index (χ1v) is 7.16. The van der Waals surface area contributed by atoms with Crippen LogP contribution in [0.2, 0.25) is 0 Å². The van der Waals surface area contributed by atoms with Crippen molar-refractivity contribution >= 4 is 0 Å². The minimum absolute atomic E-state index is 0.289. The molecule has 0 amide bonds. The summed E-state index contributed by atoms with van der Waals surface area (Å²) in [7, 11) is 1.61. The third kappa shape index (κ3) is 3.40. The SMILES string of the molecule is COc1cc(C)ccc1OCCC(C#N)c1c(C)noc1C. The van der Waals surface area contributed by atoms with Crippen LogP contribution in [0.3, 0.4) is 0 Å². The normalized spacial score (nSPS) is 11.8. The summed E-state index contributed by atoms with van der Waals surface area (Å²) in [5.74, 6) is 1.79. The summed E-state index contributed by atoms with van der Waals surface area (Å²) in [4.78, 5) is 0. The van der Waals surface area contributed by atoms with Gasteiger partial charge in [-0.1, -0.05) is 11.2 Å². The van der Waals surface area contributed by atoms with Crippen molar-refractivity contribution in [1.29, 1.82) is 5.26 Å². The van der Waals surface area contributed by atoms with E-state index in [1.165, 1.54) is 0 Å². The summed E-state index contributed by atoms with van der Waals surface area (Å²) in [6.45, 7) is 6.08. The number of benzene rings is 1. The summed E-state index contributed by atoms with van der Waals surface area (Å²) in [5.41, 5.74) is 2.73. The van der Waals surface area contributed by atoms with Gasteiger partial charge in [0, 0.05) is 12.0 Å². The molecule has 0 spiro atoms. The van der Waals surface area contributed by atoms with E-state index in [1.807, 2.05) is 39.0 Å². The van der Waals surface area contributed by atoms with Crippen LogP contribution in [0, 0.1) is 32.1 Å². The number of methoxy groups -OCH3 is 1. The first-order valence-electron chi connectivity index (χ1n) is 7.16. The molecule has 1 heterocycles. The lowest BCUT2D eigenvalue weighted by Crippen LogP contribution is -2.06. The van der Waals surface area contributed by atoms with E-state index >= 15 is 0 Å². The van der Waals surface area contributed by atoms with Gasteiger partial charge < -0.3 is 14.0 Å². The van der Waals surface area contributed by atoms with E-state index in [0.717, 1.165) is 16.8 Å². The van der Waals surface area contributed by atoms with Crippen molar-refractivity contribution in [2.24, 2.45) is 0 Å². The Labute approximate surface area is 130 Å². The highest BCUT2D eigenvalue weighted by Gasteiger charge is 2.20. The third-order valence-corrected chi connectivity index (χ3v) is 3.58. The third-order valence-electron chi connectivity index (χ3n) is 3.58. The fraction of sp³-hybridized carbons (Fsp3) is 0.412. The second kappa shape index (κ2) is 6.99. The molecule has 0 saturated heterocycles. The Morgan fingerprint density at radius 3 is 2.64 bits per heavy atom. The Kier molecular flexibility index (Phi) is 5.05. The van der Waals surface area contributed by atoms with E-state index < -0.39 is 0 Å². The molecule has 116 valence electrons. The van der Waals surface area contributed by atoms with Crippen LogP contribution in [0.1, 0.15) is 34.9 Å². The maximum Gasteiger partial charge on any atom is 0.161 e. The van der Waals surface area contributed by atoms with Gasteiger partial charge in [-0.2, -0.15) is 5.26 Å². The van der Waals surface area contributed by atoms with Gasteiger partial charge in [-0.15, -0.1) is 0 Å². The van der Waals surface area contributed by atoms with Crippen molar-refractivity contribution < 1.29 is 14.0 Å². The van der Waals surface area contributed by atoms with E-state index in [0.29, 0.717) is 30.3 Å². The molecule has 0 bridgehead atoms. The second-order valence-electron chi connectivity index (χ2n) is 5.21. The smallest absolute Gasteiger partial charge is 0.161 e. The zero-order valence-corrected chi connectivity index (χ0v) is 13.3. The van der Waals surface area contributed by atoms with E-state index in [1.54, 1.807) is 7.11 Å². The average Bonchev–Trinajstić information content (AvgIpc) is 2.84. The van der Waals surface area contributed by atoms with Gasteiger partial charge in [0.15, 0.2) is 11.5 Å². The van der Waals surface area contributed by atoms with Gasteiger partial charge in [0.1, 0.15) is 5.76 Å². The van der Waals surface area contributed by atoms with Crippen LogP contribution >= 0.6 is 0 Å². The van der Waals surface area contributed by atoms with E-state index in [2.05, 4.69) is 11.2 Å². The van der Waals surface area contributed by atoms with Gasteiger partial charge >= 0.3 is 0 Å². The molecule has 2 aromatic rings. The zero-order valence-electron chi connectivity index (χ0n) is 13.3. The van der Waals surface area contributed by atoms with Crippen LogP contribution < -0.4 is 9.47 Å². The number of nitrogens with zero attached hydrogens (tertiary/aromatic N) is 2. The summed E-state index contributed by atoms with van der Waals surface area (Å²) in [6, 6.07) is 8.07. The number of hydrogen-bond acceptors (Lipinski definition) is 5. The first-order chi connectivity index (χ1) is 10.6. The van der Waals surface area contributed by atoms with Crippen LogP contribution in [0.25, 0.3) is 0 Å². The molecular weight excluding hydrogens is 280 g/mol. The van der Waals surface area contributed by atoms with Crippen LogP contribution in [-0.2, 0) is 0 Å². The lowest BCUT2D eigenvalue weighted by Gasteiger charge is -2.13. The molecule has 1 unspecified atom stereocenters. The molecule has 1 atom stereocenters. The van der Waals surface area contributed by atoms with Crippen LogP contribution in [0.5, 0.6) is 11.5 Å². The Bertz CT molecular complexity index is 666. The molecule has 2 rings (SSSR count). The molecule has 5 nitrogen and oxygen atoms in total. The van der Waals surface area contributed by atoms with Crippen molar-refractivity contribution in [3.05, 3.63) is 40.8 Å². The molecule has 0 N–H and O–H groups in total. The molecule has 0 saturated carbocycles. The predicted molar refractivity (Wildman–Crippen MR) is 82.2 cm³/mol. The lowest BCUT2D eigenvalue weighted by molar-refractivity contribution is 0.285. The first kappa shape index (κ1) is 15.9. The van der Waals surface area contributed by atoms with Crippen molar-refractivity contribution in [2.75, 3.05) is 13.7 Å².